The summed E-state index contributed by atoms with van der Waals surface area (Å²) >= 11 is 0. The van der Waals surface area contributed by atoms with E-state index in [9.17, 15) is 0 Å². The van der Waals surface area contributed by atoms with Gasteiger partial charge in [-0.05, 0) is 38.4 Å². The lowest BCUT2D eigenvalue weighted by Crippen LogP contribution is -2.36. The molecule has 0 saturated carbocycles. The maximum atomic E-state index is 5.91. The molecular weight excluding hydrogens is 210 g/mol. The highest BCUT2D eigenvalue weighted by Crippen LogP contribution is 2.08. The first-order valence-corrected chi connectivity index (χ1v) is 6.43. The van der Waals surface area contributed by atoms with Gasteiger partial charge in [-0.15, -0.1) is 0 Å². The average molecular weight is 235 g/mol. The van der Waals surface area contributed by atoms with E-state index >= 15 is 0 Å². The zero-order valence-electron chi connectivity index (χ0n) is 11.5. The van der Waals surface area contributed by atoms with Crippen LogP contribution in [0, 0.1) is 12.8 Å². The van der Waals surface area contributed by atoms with Gasteiger partial charge >= 0.3 is 0 Å². The molecule has 1 aromatic rings. The normalized spacial score (nSPS) is 14.9. The topological polar surface area (TPSA) is 42.2 Å². The number of hydrogen-bond acceptors (Lipinski definition) is 3. The van der Waals surface area contributed by atoms with Crippen LogP contribution in [-0.2, 0) is 6.54 Å². The fourth-order valence-corrected chi connectivity index (χ4v) is 1.80. The molecule has 1 rings (SSSR count). The lowest BCUT2D eigenvalue weighted by atomic mass is 10.0. The van der Waals surface area contributed by atoms with Gasteiger partial charge in [0.15, 0.2) is 0 Å². The first kappa shape index (κ1) is 14.1. The largest absolute Gasteiger partial charge is 0.328 e. The van der Waals surface area contributed by atoms with E-state index in [0.29, 0.717) is 5.92 Å². The van der Waals surface area contributed by atoms with Crippen molar-refractivity contribution in [2.45, 2.75) is 40.3 Å². The smallest absolute Gasteiger partial charge is 0.0547 e. The van der Waals surface area contributed by atoms with Crippen LogP contribution < -0.4 is 5.73 Å². The number of pyridine rings is 1. The molecule has 3 heteroatoms. The van der Waals surface area contributed by atoms with Gasteiger partial charge in [0.1, 0.15) is 0 Å². The zero-order chi connectivity index (χ0) is 12.8. The molecule has 2 atom stereocenters. The summed E-state index contributed by atoms with van der Waals surface area (Å²) in [5.74, 6) is 0.514. The van der Waals surface area contributed by atoms with Crippen molar-refractivity contribution in [1.82, 2.24) is 9.88 Å². The molecule has 0 bridgehead atoms. The van der Waals surface area contributed by atoms with Crippen molar-refractivity contribution in [2.24, 2.45) is 11.7 Å². The van der Waals surface area contributed by atoms with Gasteiger partial charge in [-0.3, -0.25) is 9.88 Å². The summed E-state index contributed by atoms with van der Waals surface area (Å²) in [7, 11) is 0. The van der Waals surface area contributed by atoms with Crippen LogP contribution in [0.2, 0.25) is 0 Å². The van der Waals surface area contributed by atoms with Crippen molar-refractivity contribution in [3.05, 3.63) is 29.6 Å². The van der Waals surface area contributed by atoms with Crippen molar-refractivity contribution >= 4 is 0 Å². The van der Waals surface area contributed by atoms with Gasteiger partial charge in [0, 0.05) is 24.8 Å². The van der Waals surface area contributed by atoms with Crippen molar-refractivity contribution in [1.29, 1.82) is 0 Å². The highest BCUT2D eigenvalue weighted by Gasteiger charge is 2.13. The van der Waals surface area contributed by atoms with E-state index in [1.54, 1.807) is 0 Å². The highest BCUT2D eigenvalue weighted by atomic mass is 15.1. The Morgan fingerprint density at radius 3 is 2.59 bits per heavy atom. The first-order chi connectivity index (χ1) is 8.02. The molecule has 0 aromatic carbocycles. The van der Waals surface area contributed by atoms with E-state index in [1.165, 1.54) is 0 Å². The molecule has 1 heterocycles. The van der Waals surface area contributed by atoms with Crippen molar-refractivity contribution in [3.8, 4) is 0 Å². The standard InChI is InChI=1S/C14H25N3/c1-5-17(9-11(2)13(4)15)10-14-8-6-7-12(3)16-14/h6-8,11,13H,5,9-10,15H2,1-4H3. The minimum Gasteiger partial charge on any atom is -0.328 e. The van der Waals surface area contributed by atoms with E-state index in [2.05, 4.69) is 42.8 Å². The first-order valence-electron chi connectivity index (χ1n) is 6.43. The summed E-state index contributed by atoms with van der Waals surface area (Å²) in [6, 6.07) is 6.44. The van der Waals surface area contributed by atoms with Crippen LogP contribution in [-0.4, -0.2) is 29.0 Å². The SMILES string of the molecule is CCN(Cc1cccc(C)n1)CC(C)C(C)N. The third kappa shape index (κ3) is 4.84. The summed E-state index contributed by atoms with van der Waals surface area (Å²) < 4.78 is 0. The van der Waals surface area contributed by atoms with Crippen LogP contribution in [0.25, 0.3) is 0 Å². The molecule has 0 amide bonds. The molecular formula is C14H25N3. The zero-order valence-corrected chi connectivity index (χ0v) is 11.5. The van der Waals surface area contributed by atoms with Gasteiger partial charge in [0.25, 0.3) is 0 Å². The van der Waals surface area contributed by atoms with Crippen LogP contribution in [0.5, 0.6) is 0 Å². The Morgan fingerprint density at radius 2 is 2.06 bits per heavy atom. The number of aryl methyl sites for hydroxylation is 1. The maximum Gasteiger partial charge on any atom is 0.0547 e. The average Bonchev–Trinajstić information content (AvgIpc) is 2.27. The molecule has 0 radical (unpaired) electrons. The molecule has 2 N–H and O–H groups in total. The summed E-state index contributed by atoms with van der Waals surface area (Å²) in [4.78, 5) is 6.94. The molecule has 2 unspecified atom stereocenters. The van der Waals surface area contributed by atoms with E-state index in [-0.39, 0.29) is 6.04 Å². The summed E-state index contributed by atoms with van der Waals surface area (Å²) in [6.07, 6.45) is 0. The van der Waals surface area contributed by atoms with Gasteiger partial charge < -0.3 is 5.73 Å². The molecule has 17 heavy (non-hydrogen) atoms. The van der Waals surface area contributed by atoms with Crippen molar-refractivity contribution < 1.29 is 0 Å². The Bertz CT molecular complexity index is 336. The van der Waals surface area contributed by atoms with Gasteiger partial charge in [-0.1, -0.05) is 19.9 Å². The van der Waals surface area contributed by atoms with E-state index in [0.717, 1.165) is 31.0 Å². The fourth-order valence-electron chi connectivity index (χ4n) is 1.80. The summed E-state index contributed by atoms with van der Waals surface area (Å²) in [6.45, 7) is 11.5. The Kier molecular flexibility index (Phi) is 5.59. The van der Waals surface area contributed by atoms with E-state index in [4.69, 9.17) is 5.73 Å². The van der Waals surface area contributed by atoms with Crippen molar-refractivity contribution in [2.75, 3.05) is 13.1 Å². The quantitative estimate of drug-likeness (QED) is 0.822. The van der Waals surface area contributed by atoms with Crippen molar-refractivity contribution in [3.63, 3.8) is 0 Å². The molecule has 3 nitrogen and oxygen atoms in total. The predicted octanol–water partition coefficient (Wildman–Crippen LogP) is 2.20. The second-order valence-electron chi connectivity index (χ2n) is 4.93. The second-order valence-corrected chi connectivity index (χ2v) is 4.93. The maximum absolute atomic E-state index is 5.91. The molecule has 96 valence electrons. The molecule has 0 spiro atoms. The molecule has 0 aliphatic heterocycles. The van der Waals surface area contributed by atoms with Crippen LogP contribution in [0.15, 0.2) is 18.2 Å². The fraction of sp³-hybridized carbons (Fsp3) is 0.643. The summed E-state index contributed by atoms with van der Waals surface area (Å²) in [5, 5.41) is 0. The van der Waals surface area contributed by atoms with Crippen LogP contribution >= 0.6 is 0 Å². The predicted molar refractivity (Wildman–Crippen MR) is 72.7 cm³/mol. The van der Waals surface area contributed by atoms with Gasteiger partial charge in [-0.25, -0.2) is 0 Å². The lowest BCUT2D eigenvalue weighted by molar-refractivity contribution is 0.225. The van der Waals surface area contributed by atoms with Gasteiger partial charge in [-0.2, -0.15) is 0 Å². The molecule has 1 aromatic heterocycles. The minimum atomic E-state index is 0.245. The molecule has 0 fully saturated rings. The molecule has 0 aliphatic carbocycles. The minimum absolute atomic E-state index is 0.245. The van der Waals surface area contributed by atoms with E-state index < -0.39 is 0 Å². The Morgan fingerprint density at radius 1 is 1.35 bits per heavy atom. The number of nitrogens with zero attached hydrogens (tertiary/aromatic N) is 2. The number of rotatable bonds is 6. The lowest BCUT2D eigenvalue weighted by Gasteiger charge is -2.26. The highest BCUT2D eigenvalue weighted by molar-refractivity contribution is 5.09. The number of nitrogens with two attached hydrogens (primary N) is 1. The number of hydrogen-bond donors (Lipinski definition) is 1. The number of aromatic nitrogens is 1. The Balaban J connectivity index is 2.58. The second kappa shape index (κ2) is 6.72. The monoisotopic (exact) mass is 235 g/mol. The molecule has 0 aliphatic rings. The Hall–Kier alpha value is -0.930. The van der Waals surface area contributed by atoms with E-state index in [1.807, 2.05) is 13.0 Å². The molecule has 0 saturated heterocycles. The van der Waals surface area contributed by atoms with Crippen LogP contribution in [0.3, 0.4) is 0 Å². The van der Waals surface area contributed by atoms with Crippen LogP contribution in [0.4, 0.5) is 0 Å². The third-order valence-corrected chi connectivity index (χ3v) is 3.22. The van der Waals surface area contributed by atoms with Gasteiger partial charge in [0.05, 0.1) is 5.69 Å². The van der Waals surface area contributed by atoms with Crippen LogP contribution in [0.1, 0.15) is 32.2 Å². The Labute approximate surface area is 105 Å². The van der Waals surface area contributed by atoms with Gasteiger partial charge in [0.2, 0.25) is 0 Å². The summed E-state index contributed by atoms with van der Waals surface area (Å²) in [5.41, 5.74) is 8.14. The third-order valence-electron chi connectivity index (χ3n) is 3.22.